The van der Waals surface area contributed by atoms with Crippen LogP contribution in [0.2, 0.25) is 0 Å². The first-order valence-corrected chi connectivity index (χ1v) is 8.03. The fraction of sp³-hybridized carbons (Fsp3) is 0.143. The maximum atomic E-state index is 11.1. The standard InChI is InChI=1S/C21H18N2O3/c1-25-18-7-4-8-19(26-2)20(18)21(24)17-13-23-10-9-16(17)15-6-3-5-14(11-15)12-22/h3-11,13,21,24H,1-2H3. The molecular weight excluding hydrogens is 328 g/mol. The zero-order valence-electron chi connectivity index (χ0n) is 14.5. The Labute approximate surface area is 152 Å². The van der Waals surface area contributed by atoms with Crippen molar-refractivity contribution in [3.8, 4) is 28.7 Å². The van der Waals surface area contributed by atoms with E-state index in [0.29, 0.717) is 28.2 Å². The molecule has 0 saturated carbocycles. The van der Waals surface area contributed by atoms with Gasteiger partial charge in [-0.25, -0.2) is 0 Å². The highest BCUT2D eigenvalue weighted by atomic mass is 16.5. The fourth-order valence-electron chi connectivity index (χ4n) is 2.95. The number of ether oxygens (including phenoxy) is 2. The highest BCUT2D eigenvalue weighted by Gasteiger charge is 2.23. The molecule has 1 unspecified atom stereocenters. The van der Waals surface area contributed by atoms with Crippen molar-refractivity contribution in [2.45, 2.75) is 6.10 Å². The molecule has 0 aliphatic heterocycles. The van der Waals surface area contributed by atoms with Crippen molar-refractivity contribution in [2.75, 3.05) is 14.2 Å². The SMILES string of the molecule is COc1cccc(OC)c1C(O)c1cnccc1-c1cccc(C#N)c1. The maximum Gasteiger partial charge on any atom is 0.128 e. The van der Waals surface area contributed by atoms with Gasteiger partial charge >= 0.3 is 0 Å². The van der Waals surface area contributed by atoms with E-state index in [1.54, 1.807) is 56.9 Å². The number of pyridine rings is 1. The van der Waals surface area contributed by atoms with Gasteiger partial charge in [0.1, 0.15) is 17.6 Å². The summed E-state index contributed by atoms with van der Waals surface area (Å²) in [6.07, 6.45) is 2.27. The Balaban J connectivity index is 2.16. The average molecular weight is 346 g/mol. The van der Waals surface area contributed by atoms with E-state index in [-0.39, 0.29) is 0 Å². The van der Waals surface area contributed by atoms with Gasteiger partial charge in [0.2, 0.25) is 0 Å². The average Bonchev–Trinajstić information content (AvgIpc) is 2.72. The third kappa shape index (κ3) is 3.23. The van der Waals surface area contributed by atoms with Crippen molar-refractivity contribution in [3.63, 3.8) is 0 Å². The van der Waals surface area contributed by atoms with Gasteiger partial charge in [0, 0.05) is 18.0 Å². The molecule has 0 fully saturated rings. The zero-order chi connectivity index (χ0) is 18.5. The third-order valence-electron chi connectivity index (χ3n) is 4.19. The van der Waals surface area contributed by atoms with Crippen LogP contribution in [-0.4, -0.2) is 24.3 Å². The van der Waals surface area contributed by atoms with Crippen LogP contribution in [0.25, 0.3) is 11.1 Å². The van der Waals surface area contributed by atoms with E-state index in [2.05, 4.69) is 11.1 Å². The Morgan fingerprint density at radius 1 is 1.04 bits per heavy atom. The van der Waals surface area contributed by atoms with Crippen molar-refractivity contribution in [1.82, 2.24) is 4.98 Å². The van der Waals surface area contributed by atoms with Gasteiger partial charge in [-0.15, -0.1) is 0 Å². The van der Waals surface area contributed by atoms with Crippen LogP contribution in [-0.2, 0) is 0 Å². The monoisotopic (exact) mass is 346 g/mol. The van der Waals surface area contributed by atoms with Gasteiger partial charge in [0.25, 0.3) is 0 Å². The minimum absolute atomic E-state index is 0.525. The molecule has 0 bridgehead atoms. The largest absolute Gasteiger partial charge is 0.496 e. The number of nitrogens with zero attached hydrogens (tertiary/aromatic N) is 2. The van der Waals surface area contributed by atoms with Gasteiger partial charge in [0.05, 0.1) is 31.4 Å². The number of rotatable bonds is 5. The Bertz CT molecular complexity index is 941. The quantitative estimate of drug-likeness (QED) is 0.762. The first-order chi connectivity index (χ1) is 12.7. The number of methoxy groups -OCH3 is 2. The summed E-state index contributed by atoms with van der Waals surface area (Å²) in [6, 6.07) is 16.5. The molecule has 5 nitrogen and oxygen atoms in total. The maximum absolute atomic E-state index is 11.1. The Morgan fingerprint density at radius 3 is 2.38 bits per heavy atom. The second kappa shape index (κ2) is 7.68. The first-order valence-electron chi connectivity index (χ1n) is 8.03. The summed E-state index contributed by atoms with van der Waals surface area (Å²) in [7, 11) is 3.09. The van der Waals surface area contributed by atoms with Crippen LogP contribution >= 0.6 is 0 Å². The van der Waals surface area contributed by atoms with E-state index >= 15 is 0 Å². The molecule has 1 aromatic heterocycles. The molecule has 3 rings (SSSR count). The van der Waals surface area contributed by atoms with E-state index in [0.717, 1.165) is 11.1 Å². The predicted molar refractivity (Wildman–Crippen MR) is 98.0 cm³/mol. The normalized spacial score (nSPS) is 11.5. The molecule has 130 valence electrons. The summed E-state index contributed by atoms with van der Waals surface area (Å²) in [6.45, 7) is 0. The molecule has 3 aromatic rings. The molecule has 0 saturated heterocycles. The summed E-state index contributed by atoms with van der Waals surface area (Å²) in [4.78, 5) is 4.16. The molecule has 0 spiro atoms. The third-order valence-corrected chi connectivity index (χ3v) is 4.19. The number of aliphatic hydroxyl groups is 1. The van der Waals surface area contributed by atoms with Gasteiger partial charge in [-0.2, -0.15) is 5.26 Å². The minimum atomic E-state index is -1.00. The van der Waals surface area contributed by atoms with Crippen LogP contribution in [0.15, 0.2) is 60.9 Å². The van der Waals surface area contributed by atoms with Gasteiger partial charge in [-0.3, -0.25) is 4.98 Å². The molecule has 0 aliphatic carbocycles. The molecule has 0 radical (unpaired) electrons. The molecule has 26 heavy (non-hydrogen) atoms. The molecule has 0 amide bonds. The van der Waals surface area contributed by atoms with Crippen LogP contribution in [0.1, 0.15) is 22.8 Å². The number of hydrogen-bond donors (Lipinski definition) is 1. The summed E-state index contributed by atoms with van der Waals surface area (Å²) in [5.41, 5.74) is 3.30. The van der Waals surface area contributed by atoms with E-state index in [1.165, 1.54) is 0 Å². The Hall–Kier alpha value is -3.36. The summed E-state index contributed by atoms with van der Waals surface area (Å²) < 4.78 is 10.8. The molecule has 2 aromatic carbocycles. The lowest BCUT2D eigenvalue weighted by Gasteiger charge is -2.20. The molecule has 5 heteroatoms. The van der Waals surface area contributed by atoms with Gasteiger partial charge in [0.15, 0.2) is 0 Å². The summed E-state index contributed by atoms with van der Waals surface area (Å²) in [5, 5.41) is 20.3. The zero-order valence-corrected chi connectivity index (χ0v) is 14.5. The second-order valence-corrected chi connectivity index (χ2v) is 5.63. The van der Waals surface area contributed by atoms with Gasteiger partial charge in [-0.05, 0) is 41.5 Å². The molecular formula is C21H18N2O3. The number of aliphatic hydroxyl groups excluding tert-OH is 1. The van der Waals surface area contributed by atoms with Crippen LogP contribution in [0.3, 0.4) is 0 Å². The van der Waals surface area contributed by atoms with Crippen molar-refractivity contribution in [3.05, 3.63) is 77.6 Å². The molecule has 0 aliphatic rings. The predicted octanol–water partition coefficient (Wildman–Crippen LogP) is 3.72. The fourth-order valence-corrected chi connectivity index (χ4v) is 2.95. The van der Waals surface area contributed by atoms with Gasteiger partial charge in [-0.1, -0.05) is 18.2 Å². The number of nitriles is 1. The van der Waals surface area contributed by atoms with Crippen LogP contribution in [0.4, 0.5) is 0 Å². The van der Waals surface area contributed by atoms with Crippen molar-refractivity contribution in [1.29, 1.82) is 5.26 Å². The van der Waals surface area contributed by atoms with E-state index < -0.39 is 6.10 Å². The lowest BCUT2D eigenvalue weighted by Crippen LogP contribution is -2.07. The molecule has 1 N–H and O–H groups in total. The van der Waals surface area contributed by atoms with E-state index in [9.17, 15) is 5.11 Å². The molecule has 1 heterocycles. The Kier molecular flexibility index (Phi) is 5.16. The number of aromatic nitrogens is 1. The van der Waals surface area contributed by atoms with Crippen LogP contribution in [0, 0.1) is 11.3 Å². The Morgan fingerprint density at radius 2 is 1.73 bits per heavy atom. The summed E-state index contributed by atoms with van der Waals surface area (Å²) >= 11 is 0. The summed E-state index contributed by atoms with van der Waals surface area (Å²) in [5.74, 6) is 1.05. The van der Waals surface area contributed by atoms with E-state index in [1.807, 2.05) is 18.2 Å². The minimum Gasteiger partial charge on any atom is -0.496 e. The van der Waals surface area contributed by atoms with Crippen molar-refractivity contribution >= 4 is 0 Å². The van der Waals surface area contributed by atoms with Crippen molar-refractivity contribution in [2.24, 2.45) is 0 Å². The molecule has 1 atom stereocenters. The highest BCUT2D eigenvalue weighted by Crippen LogP contribution is 2.40. The van der Waals surface area contributed by atoms with Crippen LogP contribution < -0.4 is 9.47 Å². The second-order valence-electron chi connectivity index (χ2n) is 5.63. The van der Waals surface area contributed by atoms with Crippen molar-refractivity contribution < 1.29 is 14.6 Å². The first kappa shape index (κ1) is 17.5. The lowest BCUT2D eigenvalue weighted by molar-refractivity contribution is 0.209. The number of hydrogen-bond acceptors (Lipinski definition) is 5. The number of benzene rings is 2. The van der Waals surface area contributed by atoms with E-state index in [4.69, 9.17) is 14.7 Å². The smallest absolute Gasteiger partial charge is 0.128 e. The topological polar surface area (TPSA) is 75.4 Å². The van der Waals surface area contributed by atoms with Gasteiger partial charge < -0.3 is 14.6 Å². The van der Waals surface area contributed by atoms with Crippen LogP contribution in [0.5, 0.6) is 11.5 Å². The lowest BCUT2D eigenvalue weighted by atomic mass is 9.93. The highest BCUT2D eigenvalue weighted by molar-refractivity contribution is 5.70.